The van der Waals surface area contributed by atoms with Gasteiger partial charge in [-0.3, -0.25) is 19.4 Å². The van der Waals surface area contributed by atoms with E-state index in [-0.39, 0.29) is 86.6 Å². The molecule has 3 fully saturated rings. The van der Waals surface area contributed by atoms with Gasteiger partial charge in [0.2, 0.25) is 0 Å². The molecule has 4 heterocycles. The summed E-state index contributed by atoms with van der Waals surface area (Å²) in [6.45, 7) is 2.57. The molecule has 608 valence electrons. The lowest BCUT2D eigenvalue weighted by Crippen LogP contribution is -2.59. The summed E-state index contributed by atoms with van der Waals surface area (Å²) < 4.78 is 68.1. The van der Waals surface area contributed by atoms with Gasteiger partial charge in [-0.25, -0.2) is 18.8 Å². The number of hydrogen-bond acceptors (Lipinski definition) is 17. The van der Waals surface area contributed by atoms with Crippen molar-refractivity contribution in [3.8, 4) is 34.5 Å². The number of amides is 3. The predicted molar refractivity (Wildman–Crippen MR) is 431 cm³/mol. The quantitative estimate of drug-likeness (QED) is 0.0432. The molecule has 15 rings (SSSR count). The van der Waals surface area contributed by atoms with Crippen LogP contribution in [0.2, 0.25) is 5.02 Å². The minimum absolute atomic E-state index is 0.00878. The van der Waals surface area contributed by atoms with Crippen LogP contribution in [0.15, 0.2) is 188 Å². The molecule has 3 saturated carbocycles. The molecule has 116 heavy (non-hydrogen) atoms. The molecule has 3 amide bonds. The molecule has 3 aliphatic heterocycles. The van der Waals surface area contributed by atoms with E-state index in [1.54, 1.807) is 51.0 Å². The van der Waals surface area contributed by atoms with Crippen LogP contribution in [0.3, 0.4) is 0 Å². The van der Waals surface area contributed by atoms with Gasteiger partial charge in [-0.05, 0) is 120 Å². The highest BCUT2D eigenvalue weighted by Crippen LogP contribution is 2.46. The molecular weight excluding hydrogens is 1520 g/mol. The number of hydrogen-bond donors (Lipinski definition) is 3. The van der Waals surface area contributed by atoms with Gasteiger partial charge in [-0.15, -0.1) is 11.3 Å². The lowest BCUT2D eigenvalue weighted by atomic mass is 9.82. The Bertz CT molecular complexity index is 4880. The smallest absolute Gasteiger partial charge is 0.329 e. The third kappa shape index (κ3) is 19.4. The highest BCUT2D eigenvalue weighted by molar-refractivity contribution is 7.09. The SMILES string of the molecule is COc1ccc2c(c1OCc1ccc(Cl)c(F)c1)CC(C(=O)O)N(C(=O)C(OC1CCCC1)c1ccccc1)C2.COc1ccc2c(c1OCc1ccccc1)CC(C)(C(=O)O)N(C(=O)C(OC1CCCC1)c1ccccc1)C2.COc1ccc2c(c1OCc1cncs1)CC(C(=O)O)N(C(=O)C(OC1CCCC1)c1ccccc1)C2. The predicted octanol–water partition coefficient (Wildman–Crippen LogP) is 16.6. The number of carbonyl (C=O) groups is 6. The van der Waals surface area contributed by atoms with Crippen molar-refractivity contribution >= 4 is 58.6 Å². The topological polar surface area (TPSA) is 269 Å². The molecule has 9 aromatic rings. The van der Waals surface area contributed by atoms with Gasteiger partial charge in [0.1, 0.15) is 43.3 Å². The number of carboxylic acid groups (broad SMARTS) is 3. The zero-order valence-electron chi connectivity index (χ0n) is 65.3. The summed E-state index contributed by atoms with van der Waals surface area (Å²) in [5, 5.41) is 31.0. The van der Waals surface area contributed by atoms with Gasteiger partial charge in [0.05, 0.1) is 55.1 Å². The second-order valence-electron chi connectivity index (χ2n) is 30.0. The van der Waals surface area contributed by atoms with E-state index in [2.05, 4.69) is 4.98 Å². The number of aromatic nitrogens is 1. The first-order valence-electron chi connectivity index (χ1n) is 39.3. The minimum atomic E-state index is -1.51. The fourth-order valence-corrected chi connectivity index (χ4v) is 16.8. The highest BCUT2D eigenvalue weighted by Gasteiger charge is 2.50. The average Bonchev–Trinajstić information content (AvgIpc) is 0.777. The van der Waals surface area contributed by atoms with E-state index in [4.69, 9.17) is 54.2 Å². The van der Waals surface area contributed by atoms with Gasteiger partial charge in [0, 0.05) is 61.8 Å². The van der Waals surface area contributed by atoms with Gasteiger partial charge in [-0.1, -0.05) is 196 Å². The van der Waals surface area contributed by atoms with Crippen molar-refractivity contribution in [1.29, 1.82) is 0 Å². The molecule has 0 radical (unpaired) electrons. The largest absolute Gasteiger partial charge is 0.493 e. The summed E-state index contributed by atoms with van der Waals surface area (Å²) in [6, 6.07) is 50.8. The third-order valence-corrected chi connectivity index (χ3v) is 23.5. The molecule has 6 aliphatic rings. The Morgan fingerprint density at radius 3 is 1.27 bits per heavy atom. The van der Waals surface area contributed by atoms with E-state index in [1.807, 2.05) is 146 Å². The molecule has 0 spiro atoms. The highest BCUT2D eigenvalue weighted by atomic mass is 35.5. The van der Waals surface area contributed by atoms with Crippen LogP contribution in [0.4, 0.5) is 4.39 Å². The van der Waals surface area contributed by atoms with Crippen molar-refractivity contribution in [2.24, 2.45) is 0 Å². The van der Waals surface area contributed by atoms with Crippen LogP contribution < -0.4 is 28.4 Å². The summed E-state index contributed by atoms with van der Waals surface area (Å²) in [6.07, 6.45) is 11.0. The van der Waals surface area contributed by atoms with Crippen LogP contribution in [0.1, 0.15) is 168 Å². The maximum Gasteiger partial charge on any atom is 0.329 e. The number of rotatable bonds is 27. The summed E-state index contributed by atoms with van der Waals surface area (Å²) in [5.41, 5.74) is 8.46. The number of halogens is 2. The number of carboxylic acids is 3. The number of aliphatic carboxylic acids is 3. The fourth-order valence-electron chi connectivity index (χ4n) is 16.2. The number of methoxy groups -OCH3 is 3. The van der Waals surface area contributed by atoms with Crippen molar-refractivity contribution < 1.29 is 91.1 Å². The summed E-state index contributed by atoms with van der Waals surface area (Å²) in [7, 11) is 4.62. The van der Waals surface area contributed by atoms with Crippen LogP contribution in [0, 0.1) is 5.82 Å². The van der Waals surface area contributed by atoms with Gasteiger partial charge < -0.3 is 72.7 Å². The lowest BCUT2D eigenvalue weighted by Gasteiger charge is -2.44. The molecule has 3 aliphatic carbocycles. The third-order valence-electron chi connectivity index (χ3n) is 22.5. The van der Waals surface area contributed by atoms with E-state index in [1.165, 1.54) is 45.3 Å². The number of fused-ring (bicyclic) bond motifs is 3. The van der Waals surface area contributed by atoms with Crippen LogP contribution in [-0.2, 0) is 102 Å². The Morgan fingerprint density at radius 2 is 0.879 bits per heavy atom. The average molecular weight is 1620 g/mol. The number of thiazole rings is 1. The van der Waals surface area contributed by atoms with E-state index in [9.17, 15) is 48.5 Å². The second-order valence-corrected chi connectivity index (χ2v) is 31.4. The van der Waals surface area contributed by atoms with Gasteiger partial charge in [-0.2, -0.15) is 0 Å². The van der Waals surface area contributed by atoms with Crippen LogP contribution in [-0.4, -0.2) is 128 Å². The zero-order chi connectivity index (χ0) is 81.4. The Kier molecular flexibility index (Phi) is 27.7. The van der Waals surface area contributed by atoms with E-state index < -0.39 is 59.7 Å². The molecule has 22 nitrogen and oxygen atoms in total. The van der Waals surface area contributed by atoms with Crippen molar-refractivity contribution in [2.75, 3.05) is 21.3 Å². The van der Waals surface area contributed by atoms with E-state index in [0.29, 0.717) is 64.4 Å². The van der Waals surface area contributed by atoms with E-state index in [0.717, 1.165) is 126 Å². The monoisotopic (exact) mass is 1620 g/mol. The maximum atomic E-state index is 14.2. The number of benzene rings is 8. The van der Waals surface area contributed by atoms with Crippen molar-refractivity contribution in [2.45, 2.75) is 197 Å². The molecule has 6 unspecified atom stereocenters. The normalized spacial score (nSPS) is 18.6. The molecular formula is C91H96ClFN4O18S. The zero-order valence-corrected chi connectivity index (χ0v) is 66.9. The van der Waals surface area contributed by atoms with Crippen LogP contribution >= 0.6 is 22.9 Å². The lowest BCUT2D eigenvalue weighted by molar-refractivity contribution is -0.168. The standard InChI is InChI=1S/C32H35NO6.C31H31ClFNO6.C28H30N2O6S/c1-32(31(35)36)19-26-24(17-18-27(37-2)29(26)38-21-22-11-5-3-6-12-22)20-33(32)30(34)28(23-13-7-4-8-14-23)39-25-15-9-10-16-25;1-38-27-14-12-21-17-34(30(35)28(20-7-3-2-4-8-20)40-22-9-5-6-10-22)26(31(36)37)16-23(21)29(27)39-18-19-11-13-24(32)25(33)15-19;1-34-24-12-11-19-15-30(23(28(32)33)13-22(19)26(24)35-16-21-14-29-17-37-21)27(31)25(18-7-3-2-4-8-18)36-20-9-5-6-10-20/h3-8,11-14,17-18,25,28H,9-10,15-16,19-21H2,1-2H3,(H,35,36);2-4,7-8,11-15,22,26,28H,5-6,9-10,16-18H2,1H3,(H,36,37);2-4,7-8,11-12,14,17,20,23,25H,5-6,9-10,13,15-16H2,1H3,(H,32,33). The first-order chi connectivity index (χ1) is 56.3. The maximum absolute atomic E-state index is 14.2. The van der Waals surface area contributed by atoms with Crippen LogP contribution in [0.5, 0.6) is 34.5 Å². The molecule has 3 N–H and O–H groups in total. The molecule has 6 atom stereocenters. The first-order valence-corrected chi connectivity index (χ1v) is 40.6. The molecule has 8 aromatic carbocycles. The fraction of sp³-hybridized carbons (Fsp3) is 0.374. The summed E-state index contributed by atoms with van der Waals surface area (Å²) in [4.78, 5) is 89.4. The van der Waals surface area contributed by atoms with Crippen LogP contribution in [0.25, 0.3) is 0 Å². The van der Waals surface area contributed by atoms with Crippen molar-refractivity contribution in [3.63, 3.8) is 0 Å². The Labute approximate surface area is 682 Å². The summed E-state index contributed by atoms with van der Waals surface area (Å²) in [5.74, 6) is -2.01. The Morgan fingerprint density at radius 1 is 0.491 bits per heavy atom. The van der Waals surface area contributed by atoms with Crippen molar-refractivity contribution in [1.82, 2.24) is 19.7 Å². The molecule has 25 heteroatoms. The Hall–Kier alpha value is -10.9. The van der Waals surface area contributed by atoms with Gasteiger partial charge >= 0.3 is 17.9 Å². The van der Waals surface area contributed by atoms with Gasteiger partial charge in [0.25, 0.3) is 17.7 Å². The Balaban J connectivity index is 0.000000151. The second kappa shape index (κ2) is 38.7. The number of nitrogens with zero attached hydrogens (tertiary/aromatic N) is 4. The molecule has 0 bridgehead atoms. The number of carbonyl (C=O) groups excluding carboxylic acids is 3. The van der Waals surface area contributed by atoms with E-state index >= 15 is 0 Å². The summed E-state index contributed by atoms with van der Waals surface area (Å²) >= 11 is 7.28. The minimum Gasteiger partial charge on any atom is -0.493 e. The molecule has 1 aromatic heterocycles. The first kappa shape index (κ1) is 83.1. The van der Waals surface area contributed by atoms with Crippen molar-refractivity contribution in [3.05, 3.63) is 265 Å². The van der Waals surface area contributed by atoms with Gasteiger partial charge in [0.15, 0.2) is 52.8 Å². The molecule has 0 saturated heterocycles. The number of ether oxygens (including phenoxy) is 9.